The van der Waals surface area contributed by atoms with Gasteiger partial charge in [-0.05, 0) is 28.7 Å². The lowest BCUT2D eigenvalue weighted by atomic mass is 9.82. The summed E-state index contributed by atoms with van der Waals surface area (Å²) in [5.74, 6) is 0. The molecule has 0 fully saturated rings. The first-order chi connectivity index (χ1) is 7.71. The van der Waals surface area contributed by atoms with Crippen LogP contribution in [0.2, 0.25) is 0 Å². The highest BCUT2D eigenvalue weighted by atomic mass is 14.4. The number of allylic oxidation sites excluding steroid dienone is 6. The molecule has 16 heavy (non-hydrogen) atoms. The van der Waals surface area contributed by atoms with E-state index in [9.17, 15) is 0 Å². The molecular formula is C16H16. The highest BCUT2D eigenvalue weighted by Crippen LogP contribution is 2.49. The smallest absolute Gasteiger partial charge is 0.0155 e. The molecule has 1 aromatic rings. The summed E-state index contributed by atoms with van der Waals surface area (Å²) in [5.41, 5.74) is 5.93. The molecule has 0 atom stereocenters. The molecule has 0 spiro atoms. The summed E-state index contributed by atoms with van der Waals surface area (Å²) in [7, 11) is 0. The molecule has 0 N–H and O–H groups in total. The zero-order valence-corrected chi connectivity index (χ0v) is 9.83. The van der Waals surface area contributed by atoms with Gasteiger partial charge in [0.25, 0.3) is 0 Å². The van der Waals surface area contributed by atoms with E-state index in [0.29, 0.717) is 0 Å². The van der Waals surface area contributed by atoms with Crippen LogP contribution in [-0.2, 0) is 5.41 Å². The topological polar surface area (TPSA) is 0 Å². The van der Waals surface area contributed by atoms with Crippen molar-refractivity contribution in [3.8, 4) is 0 Å². The Morgan fingerprint density at radius 1 is 1.12 bits per heavy atom. The summed E-state index contributed by atoms with van der Waals surface area (Å²) >= 11 is 0. The predicted molar refractivity (Wildman–Crippen MR) is 69.3 cm³/mol. The van der Waals surface area contributed by atoms with E-state index in [-0.39, 0.29) is 5.41 Å². The van der Waals surface area contributed by atoms with Crippen LogP contribution in [0.5, 0.6) is 0 Å². The molecular weight excluding hydrogens is 192 g/mol. The number of benzene rings is 1. The summed E-state index contributed by atoms with van der Waals surface area (Å²) in [6.07, 6.45) is 10.1. The van der Waals surface area contributed by atoms with Gasteiger partial charge in [-0.1, -0.05) is 62.4 Å². The standard InChI is InChI=1S/C16H16/c1-16(2)14-10-5-3-4-8-12(14)13-9-6-7-11-15(13)16/h3-4,6-11H,5H2,1-2H3. The molecule has 1 aromatic carbocycles. The fourth-order valence-corrected chi connectivity index (χ4v) is 2.86. The van der Waals surface area contributed by atoms with Crippen LogP contribution < -0.4 is 0 Å². The van der Waals surface area contributed by atoms with Gasteiger partial charge >= 0.3 is 0 Å². The molecule has 0 unspecified atom stereocenters. The fraction of sp³-hybridized carbons (Fsp3) is 0.250. The van der Waals surface area contributed by atoms with Crippen molar-refractivity contribution in [1.29, 1.82) is 0 Å². The molecule has 0 nitrogen and oxygen atoms in total. The second-order valence-electron chi connectivity index (χ2n) is 5.03. The van der Waals surface area contributed by atoms with Gasteiger partial charge < -0.3 is 0 Å². The van der Waals surface area contributed by atoms with Crippen molar-refractivity contribution >= 4 is 5.57 Å². The largest absolute Gasteiger partial charge is 0.0807 e. The second-order valence-corrected chi connectivity index (χ2v) is 5.03. The quantitative estimate of drug-likeness (QED) is 0.598. The van der Waals surface area contributed by atoms with Crippen molar-refractivity contribution in [2.24, 2.45) is 0 Å². The van der Waals surface area contributed by atoms with E-state index in [0.717, 1.165) is 6.42 Å². The molecule has 0 amide bonds. The number of fused-ring (bicyclic) bond motifs is 3. The number of rotatable bonds is 0. The van der Waals surface area contributed by atoms with Crippen molar-refractivity contribution in [3.05, 3.63) is 65.3 Å². The molecule has 0 saturated heterocycles. The van der Waals surface area contributed by atoms with E-state index in [1.54, 1.807) is 0 Å². The maximum Gasteiger partial charge on any atom is 0.0155 e. The lowest BCUT2D eigenvalue weighted by Crippen LogP contribution is -2.14. The molecule has 0 radical (unpaired) electrons. The van der Waals surface area contributed by atoms with E-state index in [2.05, 4.69) is 62.4 Å². The van der Waals surface area contributed by atoms with Crippen LogP contribution in [0.25, 0.3) is 5.57 Å². The third-order valence-electron chi connectivity index (χ3n) is 3.71. The Hall–Kier alpha value is -1.56. The minimum atomic E-state index is 0.161. The minimum absolute atomic E-state index is 0.161. The van der Waals surface area contributed by atoms with Gasteiger partial charge in [0.1, 0.15) is 0 Å². The van der Waals surface area contributed by atoms with Gasteiger partial charge in [-0.25, -0.2) is 0 Å². The van der Waals surface area contributed by atoms with E-state index in [1.807, 2.05) is 0 Å². The highest BCUT2D eigenvalue weighted by molar-refractivity contribution is 5.90. The van der Waals surface area contributed by atoms with Gasteiger partial charge in [-0.15, -0.1) is 0 Å². The summed E-state index contributed by atoms with van der Waals surface area (Å²) in [6.45, 7) is 4.65. The predicted octanol–water partition coefficient (Wildman–Crippen LogP) is 4.25. The number of hydrogen-bond acceptors (Lipinski definition) is 0. The fourth-order valence-electron chi connectivity index (χ4n) is 2.86. The zero-order chi connectivity index (χ0) is 11.2. The maximum absolute atomic E-state index is 2.37. The highest BCUT2D eigenvalue weighted by Gasteiger charge is 2.37. The first kappa shape index (κ1) is 9.65. The molecule has 2 aliphatic carbocycles. The lowest BCUT2D eigenvalue weighted by Gasteiger charge is -2.21. The molecule has 2 aliphatic rings. The van der Waals surface area contributed by atoms with E-state index < -0.39 is 0 Å². The summed E-state index contributed by atoms with van der Waals surface area (Å²) in [5, 5.41) is 0. The summed E-state index contributed by atoms with van der Waals surface area (Å²) < 4.78 is 0. The van der Waals surface area contributed by atoms with Crippen molar-refractivity contribution in [3.63, 3.8) is 0 Å². The molecule has 0 heteroatoms. The van der Waals surface area contributed by atoms with Crippen molar-refractivity contribution in [1.82, 2.24) is 0 Å². The van der Waals surface area contributed by atoms with E-state index in [4.69, 9.17) is 0 Å². The van der Waals surface area contributed by atoms with Crippen LogP contribution in [0, 0.1) is 0 Å². The average Bonchev–Trinajstić information content (AvgIpc) is 2.50. The first-order valence-electron chi connectivity index (χ1n) is 5.89. The van der Waals surface area contributed by atoms with Gasteiger partial charge in [0.15, 0.2) is 0 Å². The van der Waals surface area contributed by atoms with Crippen LogP contribution >= 0.6 is 0 Å². The van der Waals surface area contributed by atoms with Crippen LogP contribution in [0.3, 0.4) is 0 Å². The average molecular weight is 208 g/mol. The Labute approximate surface area is 97.0 Å². The van der Waals surface area contributed by atoms with Crippen molar-refractivity contribution in [2.75, 3.05) is 0 Å². The van der Waals surface area contributed by atoms with Gasteiger partial charge in [0, 0.05) is 5.41 Å². The van der Waals surface area contributed by atoms with Gasteiger partial charge in [0.05, 0.1) is 0 Å². The third-order valence-corrected chi connectivity index (χ3v) is 3.71. The second kappa shape index (κ2) is 3.21. The zero-order valence-electron chi connectivity index (χ0n) is 9.83. The van der Waals surface area contributed by atoms with Crippen molar-refractivity contribution < 1.29 is 0 Å². The van der Waals surface area contributed by atoms with Crippen LogP contribution in [0.4, 0.5) is 0 Å². The normalized spacial score (nSPS) is 20.6. The minimum Gasteiger partial charge on any atom is -0.0807 e. The third kappa shape index (κ3) is 1.16. The van der Waals surface area contributed by atoms with Gasteiger partial charge in [-0.2, -0.15) is 0 Å². The Morgan fingerprint density at radius 2 is 1.94 bits per heavy atom. The molecule has 0 heterocycles. The SMILES string of the molecule is CC1(C)C2=CCC=CC=C2c2ccccc21. The number of hydrogen-bond donors (Lipinski definition) is 0. The van der Waals surface area contributed by atoms with E-state index in [1.165, 1.54) is 22.3 Å². The molecule has 0 bridgehead atoms. The molecule has 0 aromatic heterocycles. The van der Waals surface area contributed by atoms with Crippen LogP contribution in [0.15, 0.2) is 54.1 Å². The van der Waals surface area contributed by atoms with Gasteiger partial charge in [0.2, 0.25) is 0 Å². The van der Waals surface area contributed by atoms with E-state index >= 15 is 0 Å². The molecule has 3 rings (SSSR count). The Morgan fingerprint density at radius 3 is 2.81 bits per heavy atom. The Bertz CT molecular complexity index is 525. The first-order valence-corrected chi connectivity index (χ1v) is 5.89. The van der Waals surface area contributed by atoms with Crippen LogP contribution in [-0.4, -0.2) is 0 Å². The van der Waals surface area contributed by atoms with Crippen molar-refractivity contribution in [2.45, 2.75) is 25.7 Å². The molecule has 80 valence electrons. The monoisotopic (exact) mass is 208 g/mol. The molecule has 0 saturated carbocycles. The maximum atomic E-state index is 2.37. The Kier molecular flexibility index (Phi) is 1.94. The van der Waals surface area contributed by atoms with Crippen LogP contribution in [0.1, 0.15) is 31.4 Å². The summed E-state index contributed by atoms with van der Waals surface area (Å²) in [6, 6.07) is 8.77. The molecule has 0 aliphatic heterocycles. The summed E-state index contributed by atoms with van der Waals surface area (Å²) in [4.78, 5) is 0. The lowest BCUT2D eigenvalue weighted by molar-refractivity contribution is 0.658. The Balaban J connectivity index is 2.33. The van der Waals surface area contributed by atoms with Gasteiger partial charge in [-0.3, -0.25) is 0 Å².